The Labute approximate surface area is 115 Å². The Morgan fingerprint density at radius 2 is 1.95 bits per heavy atom. The fourth-order valence-corrected chi connectivity index (χ4v) is 2.22. The van der Waals surface area contributed by atoms with Gasteiger partial charge in [-0.25, -0.2) is 0 Å². The molecule has 19 heavy (non-hydrogen) atoms. The van der Waals surface area contributed by atoms with Crippen LogP contribution in [0, 0.1) is 5.41 Å². The summed E-state index contributed by atoms with van der Waals surface area (Å²) >= 11 is 0. The van der Waals surface area contributed by atoms with Crippen LogP contribution < -0.4 is 5.32 Å². The minimum absolute atomic E-state index is 0.296. The van der Waals surface area contributed by atoms with E-state index >= 15 is 0 Å². The third-order valence-electron chi connectivity index (χ3n) is 3.13. The summed E-state index contributed by atoms with van der Waals surface area (Å²) in [6.07, 6.45) is 4.91. The first-order chi connectivity index (χ1) is 9.04. The van der Waals surface area contributed by atoms with Crippen LogP contribution in [0.25, 0.3) is 0 Å². The van der Waals surface area contributed by atoms with Crippen LogP contribution in [0.15, 0.2) is 42.7 Å². The van der Waals surface area contributed by atoms with Crippen LogP contribution in [0.4, 0.5) is 0 Å². The van der Waals surface area contributed by atoms with Crippen LogP contribution in [0.1, 0.15) is 44.4 Å². The highest BCUT2D eigenvalue weighted by atomic mass is 15.1. The Balaban J connectivity index is 2.06. The average molecular weight is 257 g/mol. The summed E-state index contributed by atoms with van der Waals surface area (Å²) in [5.74, 6) is 0. The normalized spacial score (nSPS) is 13.4. The summed E-state index contributed by atoms with van der Waals surface area (Å²) in [4.78, 5) is 0. The molecule has 3 nitrogen and oxygen atoms in total. The van der Waals surface area contributed by atoms with Crippen molar-refractivity contribution in [2.24, 2.45) is 5.41 Å². The molecule has 0 saturated carbocycles. The number of nitrogens with one attached hydrogen (secondary N) is 2. The van der Waals surface area contributed by atoms with Gasteiger partial charge in [0.05, 0.1) is 6.20 Å². The maximum Gasteiger partial charge on any atom is 0.0532 e. The Bertz CT molecular complexity index is 468. The molecular weight excluding hydrogens is 234 g/mol. The Hall–Kier alpha value is -1.61. The molecule has 0 spiro atoms. The number of hydrogen-bond acceptors (Lipinski definition) is 2. The molecule has 0 amide bonds. The molecule has 0 saturated heterocycles. The highest BCUT2D eigenvalue weighted by Gasteiger charge is 2.19. The predicted molar refractivity (Wildman–Crippen MR) is 78.7 cm³/mol. The van der Waals surface area contributed by atoms with Crippen LogP contribution in [0.3, 0.4) is 0 Å². The Morgan fingerprint density at radius 1 is 1.21 bits per heavy atom. The topological polar surface area (TPSA) is 40.7 Å². The molecule has 0 radical (unpaired) electrons. The van der Waals surface area contributed by atoms with Gasteiger partial charge in [0.2, 0.25) is 0 Å². The summed E-state index contributed by atoms with van der Waals surface area (Å²) in [5, 5.41) is 10.5. The molecule has 0 bridgehead atoms. The van der Waals surface area contributed by atoms with Crippen molar-refractivity contribution in [3.63, 3.8) is 0 Å². The summed E-state index contributed by atoms with van der Waals surface area (Å²) in [7, 11) is 0. The van der Waals surface area contributed by atoms with Gasteiger partial charge >= 0.3 is 0 Å². The van der Waals surface area contributed by atoms with E-state index in [2.05, 4.69) is 66.6 Å². The second kappa shape index (κ2) is 6.02. The van der Waals surface area contributed by atoms with E-state index in [1.54, 1.807) is 0 Å². The quantitative estimate of drug-likeness (QED) is 0.858. The van der Waals surface area contributed by atoms with Gasteiger partial charge in [0.1, 0.15) is 0 Å². The predicted octanol–water partition coefficient (Wildman–Crippen LogP) is 3.68. The molecule has 1 atom stereocenters. The van der Waals surface area contributed by atoms with Gasteiger partial charge in [-0.1, -0.05) is 51.1 Å². The number of rotatable bonds is 5. The zero-order chi connectivity index (χ0) is 13.7. The molecule has 2 aromatic rings. The van der Waals surface area contributed by atoms with Crippen molar-refractivity contribution in [2.45, 2.75) is 39.8 Å². The number of benzene rings is 1. The zero-order valence-electron chi connectivity index (χ0n) is 12.0. The van der Waals surface area contributed by atoms with Crippen LogP contribution in [-0.2, 0) is 6.54 Å². The molecule has 1 aromatic carbocycles. The Morgan fingerprint density at radius 3 is 2.53 bits per heavy atom. The second-order valence-corrected chi connectivity index (χ2v) is 6.22. The van der Waals surface area contributed by atoms with E-state index in [-0.39, 0.29) is 0 Å². The van der Waals surface area contributed by atoms with Gasteiger partial charge in [0.25, 0.3) is 0 Å². The summed E-state index contributed by atoms with van der Waals surface area (Å²) < 4.78 is 0. The zero-order valence-corrected chi connectivity index (χ0v) is 12.0. The monoisotopic (exact) mass is 257 g/mol. The number of nitrogens with zero attached hydrogens (tertiary/aromatic N) is 1. The number of hydrogen-bond donors (Lipinski definition) is 2. The fraction of sp³-hybridized carbons (Fsp3) is 0.438. The Kier molecular flexibility index (Phi) is 4.38. The lowest BCUT2D eigenvalue weighted by Crippen LogP contribution is -2.25. The molecule has 102 valence electrons. The number of aromatic amines is 1. The van der Waals surface area contributed by atoms with Crippen molar-refractivity contribution in [1.29, 1.82) is 0 Å². The van der Waals surface area contributed by atoms with Crippen LogP contribution in [0.5, 0.6) is 0 Å². The van der Waals surface area contributed by atoms with E-state index < -0.39 is 0 Å². The van der Waals surface area contributed by atoms with Gasteiger partial charge < -0.3 is 5.32 Å². The maximum absolute atomic E-state index is 3.98. The third kappa shape index (κ3) is 4.52. The minimum Gasteiger partial charge on any atom is -0.306 e. The smallest absolute Gasteiger partial charge is 0.0532 e. The molecule has 2 rings (SSSR count). The first kappa shape index (κ1) is 13.8. The average Bonchev–Trinajstić information content (AvgIpc) is 2.87. The van der Waals surface area contributed by atoms with E-state index in [0.29, 0.717) is 11.5 Å². The van der Waals surface area contributed by atoms with Crippen molar-refractivity contribution in [2.75, 3.05) is 0 Å². The van der Waals surface area contributed by atoms with Crippen LogP contribution in [-0.4, -0.2) is 10.2 Å². The van der Waals surface area contributed by atoms with Crippen molar-refractivity contribution < 1.29 is 0 Å². The molecule has 0 aliphatic carbocycles. The summed E-state index contributed by atoms with van der Waals surface area (Å²) in [6, 6.07) is 11.0. The van der Waals surface area contributed by atoms with Crippen LogP contribution in [0.2, 0.25) is 0 Å². The van der Waals surface area contributed by atoms with Gasteiger partial charge in [0.15, 0.2) is 0 Å². The summed E-state index contributed by atoms with van der Waals surface area (Å²) in [5.41, 5.74) is 2.83. The molecule has 0 fully saturated rings. The van der Waals surface area contributed by atoms with E-state index in [9.17, 15) is 0 Å². The lowest BCUT2D eigenvalue weighted by Gasteiger charge is -2.27. The number of H-pyrrole nitrogens is 1. The maximum atomic E-state index is 3.98. The van der Waals surface area contributed by atoms with Gasteiger partial charge in [0, 0.05) is 24.3 Å². The number of aromatic nitrogens is 2. The van der Waals surface area contributed by atoms with Crippen molar-refractivity contribution >= 4 is 0 Å². The molecule has 1 unspecified atom stereocenters. The van der Waals surface area contributed by atoms with Crippen molar-refractivity contribution in [1.82, 2.24) is 15.5 Å². The van der Waals surface area contributed by atoms with E-state index in [1.807, 2.05) is 12.4 Å². The van der Waals surface area contributed by atoms with Crippen LogP contribution >= 0.6 is 0 Å². The standard InChI is InChI=1S/C16H23N3/c1-16(2,3)9-15(14-7-5-4-6-8-14)17-10-13-11-18-19-12-13/h4-8,11-12,15,17H,9-10H2,1-3H3,(H,18,19). The lowest BCUT2D eigenvalue weighted by molar-refractivity contribution is 0.310. The highest BCUT2D eigenvalue weighted by Crippen LogP contribution is 2.29. The molecule has 3 heteroatoms. The second-order valence-electron chi connectivity index (χ2n) is 6.22. The summed E-state index contributed by atoms with van der Waals surface area (Å²) in [6.45, 7) is 7.68. The first-order valence-corrected chi connectivity index (χ1v) is 6.80. The SMILES string of the molecule is CC(C)(C)CC(NCc1cn[nH]c1)c1ccccc1. The molecular formula is C16H23N3. The minimum atomic E-state index is 0.296. The molecule has 1 aromatic heterocycles. The van der Waals surface area contributed by atoms with E-state index in [0.717, 1.165) is 13.0 Å². The fourth-order valence-electron chi connectivity index (χ4n) is 2.22. The van der Waals surface area contributed by atoms with Crippen molar-refractivity contribution in [3.8, 4) is 0 Å². The molecule has 2 N–H and O–H groups in total. The molecule has 0 aliphatic heterocycles. The van der Waals surface area contributed by atoms with Gasteiger partial charge in [-0.3, -0.25) is 5.10 Å². The van der Waals surface area contributed by atoms with Gasteiger partial charge in [-0.15, -0.1) is 0 Å². The largest absolute Gasteiger partial charge is 0.306 e. The molecule has 1 heterocycles. The van der Waals surface area contributed by atoms with E-state index in [1.165, 1.54) is 11.1 Å². The highest BCUT2D eigenvalue weighted by molar-refractivity contribution is 5.19. The van der Waals surface area contributed by atoms with Gasteiger partial charge in [-0.2, -0.15) is 5.10 Å². The van der Waals surface area contributed by atoms with E-state index in [4.69, 9.17) is 0 Å². The van der Waals surface area contributed by atoms with Crippen molar-refractivity contribution in [3.05, 3.63) is 53.9 Å². The third-order valence-corrected chi connectivity index (χ3v) is 3.13. The lowest BCUT2D eigenvalue weighted by atomic mass is 9.85. The first-order valence-electron chi connectivity index (χ1n) is 6.80. The van der Waals surface area contributed by atoms with Gasteiger partial charge in [-0.05, 0) is 17.4 Å². The molecule has 0 aliphatic rings.